The molecule has 0 bridgehead atoms. The molecule has 1 fully saturated rings. The average molecular weight is 405 g/mol. The van der Waals surface area contributed by atoms with E-state index in [-0.39, 0.29) is 23.3 Å². The standard InChI is InChI=1S/C19H20FN3O4S/c20-15-8-6-13(7-9-15)19(25)23-10-2-3-14(12-23)18(24)22-16-4-1-5-17(11-16)28(21,26)27/h1,4-9,11,14H,2-3,10,12H2,(H,22,24)(H2,21,26,27). The van der Waals surface area contributed by atoms with Gasteiger partial charge in [0.05, 0.1) is 10.8 Å². The number of hydrogen-bond acceptors (Lipinski definition) is 4. The van der Waals surface area contributed by atoms with Gasteiger partial charge in [-0.15, -0.1) is 0 Å². The molecule has 28 heavy (non-hydrogen) atoms. The zero-order valence-corrected chi connectivity index (χ0v) is 15.8. The largest absolute Gasteiger partial charge is 0.338 e. The molecular formula is C19H20FN3O4S. The van der Waals surface area contributed by atoms with E-state index in [2.05, 4.69) is 5.32 Å². The maximum Gasteiger partial charge on any atom is 0.253 e. The fraction of sp³-hybridized carbons (Fsp3) is 0.263. The lowest BCUT2D eigenvalue weighted by Gasteiger charge is -2.32. The van der Waals surface area contributed by atoms with E-state index >= 15 is 0 Å². The smallest absolute Gasteiger partial charge is 0.253 e. The third-order valence-corrected chi connectivity index (χ3v) is 5.51. The Morgan fingerprint density at radius 1 is 1.14 bits per heavy atom. The van der Waals surface area contributed by atoms with Crippen LogP contribution in [0.4, 0.5) is 10.1 Å². The number of halogens is 1. The van der Waals surface area contributed by atoms with Crippen LogP contribution in [0.2, 0.25) is 0 Å². The monoisotopic (exact) mass is 405 g/mol. The number of anilines is 1. The van der Waals surface area contributed by atoms with Crippen molar-refractivity contribution in [2.75, 3.05) is 18.4 Å². The Balaban J connectivity index is 1.68. The van der Waals surface area contributed by atoms with Gasteiger partial charge in [0.2, 0.25) is 15.9 Å². The fourth-order valence-corrected chi connectivity index (χ4v) is 3.71. The Bertz CT molecular complexity index is 992. The van der Waals surface area contributed by atoms with E-state index in [1.54, 1.807) is 11.0 Å². The maximum atomic E-state index is 13.0. The zero-order chi connectivity index (χ0) is 20.3. The molecule has 0 spiro atoms. The minimum Gasteiger partial charge on any atom is -0.338 e. The van der Waals surface area contributed by atoms with E-state index in [4.69, 9.17) is 5.14 Å². The number of amides is 2. The van der Waals surface area contributed by atoms with Crippen LogP contribution in [0.5, 0.6) is 0 Å². The number of nitrogens with two attached hydrogens (primary N) is 1. The van der Waals surface area contributed by atoms with Crippen LogP contribution in [0, 0.1) is 11.7 Å². The number of nitrogens with one attached hydrogen (secondary N) is 1. The Labute approximate surface area is 162 Å². The average Bonchev–Trinajstić information content (AvgIpc) is 2.67. The van der Waals surface area contributed by atoms with Gasteiger partial charge < -0.3 is 10.2 Å². The Kier molecular flexibility index (Phi) is 5.76. The predicted molar refractivity (Wildman–Crippen MR) is 101 cm³/mol. The summed E-state index contributed by atoms with van der Waals surface area (Å²) in [6.45, 7) is 0.748. The molecule has 0 radical (unpaired) electrons. The molecule has 1 atom stereocenters. The van der Waals surface area contributed by atoms with Crippen molar-refractivity contribution in [1.82, 2.24) is 4.90 Å². The molecule has 2 aromatic carbocycles. The zero-order valence-electron chi connectivity index (χ0n) is 15.0. The topological polar surface area (TPSA) is 110 Å². The summed E-state index contributed by atoms with van der Waals surface area (Å²) in [6, 6.07) is 11.0. The molecule has 3 N–H and O–H groups in total. The van der Waals surface area contributed by atoms with E-state index in [1.165, 1.54) is 42.5 Å². The molecule has 2 amide bonds. The lowest BCUT2D eigenvalue weighted by molar-refractivity contribution is -0.121. The first-order chi connectivity index (χ1) is 13.2. The predicted octanol–water partition coefficient (Wildman–Crippen LogP) is 1.96. The highest BCUT2D eigenvalue weighted by molar-refractivity contribution is 7.89. The van der Waals surface area contributed by atoms with Gasteiger partial charge in [-0.1, -0.05) is 6.07 Å². The van der Waals surface area contributed by atoms with Crippen molar-refractivity contribution in [3.63, 3.8) is 0 Å². The summed E-state index contributed by atoms with van der Waals surface area (Å²) in [7, 11) is -3.87. The summed E-state index contributed by atoms with van der Waals surface area (Å²) in [5, 5.41) is 7.79. The summed E-state index contributed by atoms with van der Waals surface area (Å²) in [4.78, 5) is 26.7. The number of sulfonamides is 1. The van der Waals surface area contributed by atoms with E-state index in [0.29, 0.717) is 30.6 Å². The first-order valence-corrected chi connectivity index (χ1v) is 10.3. The van der Waals surface area contributed by atoms with Crippen molar-refractivity contribution in [3.05, 3.63) is 59.9 Å². The number of carbonyl (C=O) groups excluding carboxylic acids is 2. The molecule has 1 unspecified atom stereocenters. The van der Waals surface area contributed by atoms with Crippen LogP contribution in [0.25, 0.3) is 0 Å². The number of piperidine rings is 1. The molecule has 9 heteroatoms. The Hall–Kier alpha value is -2.78. The van der Waals surface area contributed by atoms with E-state index in [9.17, 15) is 22.4 Å². The quantitative estimate of drug-likeness (QED) is 0.810. The first kappa shape index (κ1) is 20.0. The van der Waals surface area contributed by atoms with Gasteiger partial charge in [-0.2, -0.15) is 0 Å². The first-order valence-electron chi connectivity index (χ1n) is 8.72. The van der Waals surface area contributed by atoms with Gasteiger partial charge >= 0.3 is 0 Å². The van der Waals surface area contributed by atoms with E-state index in [1.807, 2.05) is 0 Å². The number of primary sulfonamides is 1. The molecule has 1 heterocycles. The van der Waals surface area contributed by atoms with E-state index < -0.39 is 21.8 Å². The van der Waals surface area contributed by atoms with Crippen LogP contribution in [0.3, 0.4) is 0 Å². The highest BCUT2D eigenvalue weighted by Crippen LogP contribution is 2.21. The van der Waals surface area contributed by atoms with Crippen LogP contribution in [-0.4, -0.2) is 38.2 Å². The van der Waals surface area contributed by atoms with Crippen molar-refractivity contribution < 1.29 is 22.4 Å². The second kappa shape index (κ2) is 8.07. The second-order valence-electron chi connectivity index (χ2n) is 6.66. The van der Waals surface area contributed by atoms with Gasteiger partial charge in [-0.25, -0.2) is 17.9 Å². The molecule has 1 aliphatic heterocycles. The number of nitrogens with zero attached hydrogens (tertiary/aromatic N) is 1. The maximum absolute atomic E-state index is 13.0. The van der Waals surface area contributed by atoms with Crippen LogP contribution in [0.15, 0.2) is 53.4 Å². The van der Waals surface area contributed by atoms with Crippen molar-refractivity contribution in [2.24, 2.45) is 11.1 Å². The molecule has 2 aromatic rings. The van der Waals surface area contributed by atoms with Gasteiger partial charge in [0.15, 0.2) is 0 Å². The minimum absolute atomic E-state index is 0.0953. The molecule has 1 aliphatic rings. The third kappa shape index (κ3) is 4.73. The molecule has 7 nitrogen and oxygen atoms in total. The lowest BCUT2D eigenvalue weighted by Crippen LogP contribution is -2.43. The molecule has 3 rings (SSSR count). The number of likely N-dealkylation sites (tertiary alicyclic amines) is 1. The summed E-state index contributed by atoms with van der Waals surface area (Å²) in [5.74, 6) is -1.41. The van der Waals surface area contributed by atoms with Gasteiger partial charge in [0.1, 0.15) is 5.82 Å². The van der Waals surface area contributed by atoms with Crippen molar-refractivity contribution in [1.29, 1.82) is 0 Å². The normalized spacial score (nSPS) is 17.2. The Morgan fingerprint density at radius 2 is 1.86 bits per heavy atom. The SMILES string of the molecule is NS(=O)(=O)c1cccc(NC(=O)C2CCCN(C(=O)c3ccc(F)cc3)C2)c1. The number of benzene rings is 2. The van der Waals surface area contributed by atoms with Crippen LogP contribution in [-0.2, 0) is 14.8 Å². The molecular weight excluding hydrogens is 385 g/mol. The number of hydrogen-bond donors (Lipinski definition) is 2. The molecule has 148 valence electrons. The van der Waals surface area contributed by atoms with Gasteiger partial charge in [-0.05, 0) is 55.3 Å². The fourth-order valence-electron chi connectivity index (χ4n) is 3.15. The third-order valence-electron chi connectivity index (χ3n) is 4.60. The van der Waals surface area contributed by atoms with Gasteiger partial charge in [-0.3, -0.25) is 9.59 Å². The minimum atomic E-state index is -3.87. The van der Waals surface area contributed by atoms with Crippen LogP contribution in [0.1, 0.15) is 23.2 Å². The van der Waals surface area contributed by atoms with Crippen molar-refractivity contribution in [2.45, 2.75) is 17.7 Å². The van der Waals surface area contributed by atoms with Gasteiger partial charge in [0.25, 0.3) is 5.91 Å². The van der Waals surface area contributed by atoms with E-state index in [0.717, 1.165) is 0 Å². The summed E-state index contributed by atoms with van der Waals surface area (Å²) in [6.07, 6.45) is 1.26. The van der Waals surface area contributed by atoms with Gasteiger partial charge in [0, 0.05) is 24.3 Å². The second-order valence-corrected chi connectivity index (χ2v) is 8.22. The summed E-state index contributed by atoms with van der Waals surface area (Å²) in [5.41, 5.74) is 0.682. The molecule has 0 aliphatic carbocycles. The highest BCUT2D eigenvalue weighted by atomic mass is 32.2. The highest BCUT2D eigenvalue weighted by Gasteiger charge is 2.29. The summed E-state index contributed by atoms with van der Waals surface area (Å²) < 4.78 is 35.9. The van der Waals surface area contributed by atoms with Crippen LogP contribution >= 0.6 is 0 Å². The van der Waals surface area contributed by atoms with Crippen LogP contribution < -0.4 is 10.5 Å². The Morgan fingerprint density at radius 3 is 2.54 bits per heavy atom. The summed E-state index contributed by atoms with van der Waals surface area (Å²) >= 11 is 0. The van der Waals surface area contributed by atoms with Crippen molar-refractivity contribution >= 4 is 27.5 Å². The number of rotatable bonds is 4. The molecule has 0 saturated carbocycles. The molecule has 1 saturated heterocycles. The molecule has 0 aromatic heterocycles. The lowest BCUT2D eigenvalue weighted by atomic mass is 9.96. The van der Waals surface area contributed by atoms with Crippen molar-refractivity contribution in [3.8, 4) is 0 Å². The number of carbonyl (C=O) groups is 2.